The Morgan fingerprint density at radius 3 is 2.35 bits per heavy atom. The molecule has 2 nitrogen and oxygen atoms in total. The van der Waals surface area contributed by atoms with Gasteiger partial charge in [0.1, 0.15) is 0 Å². The van der Waals surface area contributed by atoms with E-state index in [-0.39, 0.29) is 11.9 Å². The quantitative estimate of drug-likeness (QED) is 0.708. The minimum atomic E-state index is 0.0173. The summed E-state index contributed by atoms with van der Waals surface area (Å²) in [7, 11) is 0. The third kappa shape index (κ3) is 5.76. The van der Waals surface area contributed by atoms with Crippen molar-refractivity contribution in [2.75, 3.05) is 0 Å². The minimum absolute atomic E-state index is 0.0173. The van der Waals surface area contributed by atoms with Crippen LogP contribution in [0.5, 0.6) is 0 Å². The summed E-state index contributed by atoms with van der Waals surface area (Å²) in [6.07, 6.45) is 2.09. The number of carbonyl (C=O) groups excluding carboxylic acids is 1. The first-order valence-electron chi connectivity index (χ1n) is 8.17. The second-order valence-corrected chi connectivity index (χ2v) is 7.01. The highest BCUT2D eigenvalue weighted by molar-refractivity contribution is 7.98. The lowest BCUT2D eigenvalue weighted by molar-refractivity contribution is 0.0938. The van der Waals surface area contributed by atoms with Gasteiger partial charge in [-0.3, -0.25) is 4.79 Å². The van der Waals surface area contributed by atoms with Crippen molar-refractivity contribution >= 4 is 17.7 Å². The summed E-state index contributed by atoms with van der Waals surface area (Å²) in [6, 6.07) is 16.7. The van der Waals surface area contributed by atoms with Crippen LogP contribution in [-0.2, 0) is 5.75 Å². The van der Waals surface area contributed by atoms with E-state index >= 15 is 0 Å². The third-order valence-corrected chi connectivity index (χ3v) is 4.82. The standard InChI is InChI=1S/C20H25NOS/c1-4-5-16(3)21-20(22)18-10-8-17(9-11-18)14-23-19-12-6-15(2)7-13-19/h6-13,16H,4-5,14H2,1-3H3,(H,21,22). The zero-order valence-electron chi connectivity index (χ0n) is 14.1. The van der Waals surface area contributed by atoms with E-state index in [4.69, 9.17) is 0 Å². The molecule has 1 unspecified atom stereocenters. The summed E-state index contributed by atoms with van der Waals surface area (Å²) < 4.78 is 0. The molecule has 23 heavy (non-hydrogen) atoms. The van der Waals surface area contributed by atoms with Crippen molar-refractivity contribution in [1.29, 1.82) is 0 Å². The molecule has 0 fully saturated rings. The smallest absolute Gasteiger partial charge is 0.251 e. The first-order valence-corrected chi connectivity index (χ1v) is 9.16. The average molecular weight is 327 g/mol. The lowest BCUT2D eigenvalue weighted by atomic mass is 10.1. The van der Waals surface area contributed by atoms with Crippen molar-refractivity contribution in [1.82, 2.24) is 5.32 Å². The number of thioether (sulfide) groups is 1. The zero-order valence-corrected chi connectivity index (χ0v) is 15.0. The molecular formula is C20H25NOS. The second-order valence-electron chi connectivity index (χ2n) is 5.96. The molecule has 2 aromatic rings. The number of hydrogen-bond donors (Lipinski definition) is 1. The highest BCUT2D eigenvalue weighted by Gasteiger charge is 2.09. The van der Waals surface area contributed by atoms with Gasteiger partial charge in [0.25, 0.3) is 5.91 Å². The molecule has 0 heterocycles. The third-order valence-electron chi connectivity index (χ3n) is 3.74. The van der Waals surface area contributed by atoms with E-state index in [1.807, 2.05) is 43.0 Å². The maximum absolute atomic E-state index is 12.1. The fraction of sp³-hybridized carbons (Fsp3) is 0.350. The number of rotatable bonds is 7. The van der Waals surface area contributed by atoms with Crippen molar-refractivity contribution in [3.05, 3.63) is 65.2 Å². The van der Waals surface area contributed by atoms with E-state index in [0.29, 0.717) is 0 Å². The monoisotopic (exact) mass is 327 g/mol. The molecule has 0 aliphatic carbocycles. The van der Waals surface area contributed by atoms with E-state index in [0.717, 1.165) is 24.2 Å². The van der Waals surface area contributed by atoms with Gasteiger partial charge in [0.05, 0.1) is 0 Å². The van der Waals surface area contributed by atoms with Gasteiger partial charge in [0, 0.05) is 22.3 Å². The Morgan fingerprint density at radius 1 is 1.09 bits per heavy atom. The molecule has 2 aromatic carbocycles. The Kier molecular flexibility index (Phi) is 6.72. The van der Waals surface area contributed by atoms with Gasteiger partial charge >= 0.3 is 0 Å². The van der Waals surface area contributed by atoms with Crippen molar-refractivity contribution in [2.45, 2.75) is 50.3 Å². The fourth-order valence-corrected chi connectivity index (χ4v) is 3.22. The average Bonchev–Trinajstić information content (AvgIpc) is 2.55. The first-order chi connectivity index (χ1) is 11.1. The second kappa shape index (κ2) is 8.78. The largest absolute Gasteiger partial charge is 0.350 e. The van der Waals surface area contributed by atoms with E-state index in [2.05, 4.69) is 43.4 Å². The maximum atomic E-state index is 12.1. The van der Waals surface area contributed by atoms with E-state index < -0.39 is 0 Å². The molecule has 1 atom stereocenters. The molecule has 0 saturated carbocycles. The SMILES string of the molecule is CCCC(C)NC(=O)c1ccc(CSc2ccc(C)cc2)cc1. The van der Waals surface area contributed by atoms with Crippen LogP contribution in [0.3, 0.4) is 0 Å². The lowest BCUT2D eigenvalue weighted by Gasteiger charge is -2.13. The molecule has 0 aromatic heterocycles. The molecule has 2 rings (SSSR count). The van der Waals surface area contributed by atoms with Gasteiger partial charge in [0.15, 0.2) is 0 Å². The van der Waals surface area contributed by atoms with Gasteiger partial charge in [-0.2, -0.15) is 0 Å². The van der Waals surface area contributed by atoms with E-state index in [1.54, 1.807) is 0 Å². The number of benzene rings is 2. The number of amides is 1. The van der Waals surface area contributed by atoms with Crippen LogP contribution in [-0.4, -0.2) is 11.9 Å². The number of hydrogen-bond acceptors (Lipinski definition) is 2. The predicted molar refractivity (Wildman–Crippen MR) is 99.0 cm³/mol. The normalized spacial score (nSPS) is 12.0. The van der Waals surface area contributed by atoms with E-state index in [9.17, 15) is 4.79 Å². The molecule has 1 amide bonds. The highest BCUT2D eigenvalue weighted by atomic mass is 32.2. The molecule has 0 aliphatic heterocycles. The minimum Gasteiger partial charge on any atom is -0.350 e. The summed E-state index contributed by atoms with van der Waals surface area (Å²) in [5.74, 6) is 0.931. The summed E-state index contributed by atoms with van der Waals surface area (Å²) in [4.78, 5) is 13.4. The molecule has 0 radical (unpaired) electrons. The number of nitrogens with one attached hydrogen (secondary N) is 1. The molecule has 1 N–H and O–H groups in total. The molecular weight excluding hydrogens is 302 g/mol. The van der Waals surface area contributed by atoms with Crippen molar-refractivity contribution in [3.63, 3.8) is 0 Å². The molecule has 0 aliphatic rings. The summed E-state index contributed by atoms with van der Waals surface area (Å²) in [5, 5.41) is 3.04. The van der Waals surface area contributed by atoms with Crippen LogP contribution in [0.1, 0.15) is 48.2 Å². The van der Waals surface area contributed by atoms with Crippen molar-refractivity contribution < 1.29 is 4.79 Å². The molecule has 3 heteroatoms. The van der Waals surface area contributed by atoms with Gasteiger partial charge in [-0.15, -0.1) is 11.8 Å². The predicted octanol–water partition coefficient (Wildman–Crippen LogP) is 5.21. The molecule has 0 saturated heterocycles. The maximum Gasteiger partial charge on any atom is 0.251 e. The summed E-state index contributed by atoms with van der Waals surface area (Å²) >= 11 is 1.81. The summed E-state index contributed by atoms with van der Waals surface area (Å²) in [6.45, 7) is 6.27. The van der Waals surface area contributed by atoms with Crippen LogP contribution in [0.25, 0.3) is 0 Å². The highest BCUT2D eigenvalue weighted by Crippen LogP contribution is 2.23. The molecule has 0 bridgehead atoms. The topological polar surface area (TPSA) is 29.1 Å². The Labute approximate surface area is 143 Å². The molecule has 0 spiro atoms. The van der Waals surface area contributed by atoms with Crippen molar-refractivity contribution in [3.8, 4) is 0 Å². The van der Waals surface area contributed by atoms with Crippen LogP contribution < -0.4 is 5.32 Å². The Balaban J connectivity index is 1.88. The van der Waals surface area contributed by atoms with Crippen LogP contribution in [0.4, 0.5) is 0 Å². The molecule has 122 valence electrons. The van der Waals surface area contributed by atoms with Gasteiger partial charge < -0.3 is 5.32 Å². The van der Waals surface area contributed by atoms with Crippen molar-refractivity contribution in [2.24, 2.45) is 0 Å². The first kappa shape index (κ1) is 17.6. The lowest BCUT2D eigenvalue weighted by Crippen LogP contribution is -2.32. The van der Waals surface area contributed by atoms with Crippen LogP contribution in [0.2, 0.25) is 0 Å². The van der Waals surface area contributed by atoms with E-state index in [1.165, 1.54) is 16.0 Å². The zero-order chi connectivity index (χ0) is 16.7. The summed E-state index contributed by atoms with van der Waals surface area (Å²) in [5.41, 5.74) is 3.24. The Hall–Kier alpha value is -1.74. The van der Waals surface area contributed by atoms with Crippen LogP contribution >= 0.6 is 11.8 Å². The number of aryl methyl sites for hydroxylation is 1. The van der Waals surface area contributed by atoms with Gasteiger partial charge in [0.2, 0.25) is 0 Å². The van der Waals surface area contributed by atoms with Gasteiger partial charge in [-0.25, -0.2) is 0 Å². The fourth-order valence-electron chi connectivity index (χ4n) is 2.37. The van der Waals surface area contributed by atoms with Gasteiger partial charge in [-0.1, -0.05) is 43.2 Å². The number of carbonyl (C=O) groups is 1. The van der Waals surface area contributed by atoms with Crippen LogP contribution in [0, 0.1) is 6.92 Å². The Bertz CT molecular complexity index is 619. The van der Waals surface area contributed by atoms with Gasteiger partial charge in [-0.05, 0) is 50.1 Å². The van der Waals surface area contributed by atoms with Crippen LogP contribution in [0.15, 0.2) is 53.4 Å². The Morgan fingerprint density at radius 2 is 1.74 bits per heavy atom.